The lowest BCUT2D eigenvalue weighted by atomic mass is 10.1. The minimum atomic E-state index is 0.129. The molecule has 1 aliphatic carbocycles. The van der Waals surface area contributed by atoms with E-state index >= 15 is 0 Å². The van der Waals surface area contributed by atoms with Crippen LogP contribution in [0.5, 0.6) is 0 Å². The van der Waals surface area contributed by atoms with Crippen molar-refractivity contribution in [2.75, 3.05) is 25.0 Å². The van der Waals surface area contributed by atoms with E-state index in [-0.39, 0.29) is 12.5 Å². The molecule has 0 radical (unpaired) electrons. The lowest BCUT2D eigenvalue weighted by Gasteiger charge is -2.32. The van der Waals surface area contributed by atoms with Crippen molar-refractivity contribution in [2.45, 2.75) is 50.7 Å². The summed E-state index contributed by atoms with van der Waals surface area (Å²) in [5, 5.41) is 11.3. The Morgan fingerprint density at radius 1 is 1.27 bits per heavy atom. The second-order valence-electron chi connectivity index (χ2n) is 6.13. The van der Waals surface area contributed by atoms with Crippen LogP contribution in [0, 0.1) is 0 Å². The molecule has 6 heteroatoms. The molecule has 1 aliphatic heterocycles. The fraction of sp³-hybridized carbons (Fsp3) is 0.688. The van der Waals surface area contributed by atoms with Crippen molar-refractivity contribution in [1.82, 2.24) is 15.1 Å². The molecule has 0 spiro atoms. The zero-order valence-electron chi connectivity index (χ0n) is 12.9. The second-order valence-corrected chi connectivity index (χ2v) is 6.13. The monoisotopic (exact) mass is 304 g/mol. The average Bonchev–Trinajstić information content (AvgIpc) is 3.08. The van der Waals surface area contributed by atoms with Crippen molar-refractivity contribution >= 4 is 11.7 Å². The SMILES string of the molecule is O=C(COC1CCCC1)N1CCC(Nc2cccnn2)CC1. The maximum atomic E-state index is 12.2. The van der Waals surface area contributed by atoms with E-state index in [0.717, 1.165) is 44.6 Å². The number of amides is 1. The first-order chi connectivity index (χ1) is 10.8. The minimum Gasteiger partial charge on any atom is -0.368 e. The van der Waals surface area contributed by atoms with Gasteiger partial charge < -0.3 is 15.0 Å². The third-order valence-electron chi connectivity index (χ3n) is 4.52. The zero-order valence-corrected chi connectivity index (χ0v) is 12.9. The number of piperidine rings is 1. The van der Waals surface area contributed by atoms with Gasteiger partial charge in [0, 0.05) is 25.3 Å². The summed E-state index contributed by atoms with van der Waals surface area (Å²) < 4.78 is 5.72. The van der Waals surface area contributed by atoms with E-state index in [1.54, 1.807) is 6.20 Å². The molecule has 22 heavy (non-hydrogen) atoms. The average molecular weight is 304 g/mol. The number of nitrogens with zero attached hydrogens (tertiary/aromatic N) is 3. The lowest BCUT2D eigenvalue weighted by molar-refractivity contribution is -0.139. The van der Waals surface area contributed by atoms with Gasteiger partial charge in [-0.05, 0) is 37.8 Å². The number of aromatic nitrogens is 2. The van der Waals surface area contributed by atoms with Crippen molar-refractivity contribution in [1.29, 1.82) is 0 Å². The third-order valence-corrected chi connectivity index (χ3v) is 4.52. The van der Waals surface area contributed by atoms with E-state index in [2.05, 4.69) is 15.5 Å². The van der Waals surface area contributed by atoms with Gasteiger partial charge in [-0.3, -0.25) is 4.79 Å². The maximum Gasteiger partial charge on any atom is 0.248 e. The van der Waals surface area contributed by atoms with Crippen molar-refractivity contribution < 1.29 is 9.53 Å². The lowest BCUT2D eigenvalue weighted by Crippen LogP contribution is -2.44. The number of nitrogens with one attached hydrogen (secondary N) is 1. The number of likely N-dealkylation sites (tertiary alicyclic amines) is 1. The number of rotatable bonds is 5. The Bertz CT molecular complexity index is 468. The number of anilines is 1. The molecule has 3 rings (SSSR count). The van der Waals surface area contributed by atoms with Gasteiger partial charge in [0.15, 0.2) is 0 Å². The standard InChI is InChI=1S/C16H24N4O2/c21-16(12-22-14-4-1-2-5-14)20-10-7-13(8-11-20)18-15-6-3-9-17-19-15/h3,6,9,13-14H,1-2,4-5,7-8,10-12H2,(H,18,19). The fourth-order valence-corrected chi connectivity index (χ4v) is 3.20. The molecule has 1 amide bonds. The molecule has 1 saturated carbocycles. The van der Waals surface area contributed by atoms with Gasteiger partial charge in [0.2, 0.25) is 5.91 Å². The van der Waals surface area contributed by atoms with Crippen LogP contribution in [0.2, 0.25) is 0 Å². The predicted molar refractivity (Wildman–Crippen MR) is 83.5 cm³/mol. The van der Waals surface area contributed by atoms with E-state index in [9.17, 15) is 4.79 Å². The van der Waals surface area contributed by atoms with Gasteiger partial charge in [-0.1, -0.05) is 12.8 Å². The van der Waals surface area contributed by atoms with Crippen LogP contribution in [-0.2, 0) is 9.53 Å². The predicted octanol–water partition coefficient (Wildman–Crippen LogP) is 1.84. The summed E-state index contributed by atoms with van der Waals surface area (Å²) in [6.07, 6.45) is 8.53. The van der Waals surface area contributed by atoms with E-state index in [0.29, 0.717) is 12.1 Å². The Balaban J connectivity index is 1.38. The van der Waals surface area contributed by atoms with Crippen LogP contribution in [0.15, 0.2) is 18.3 Å². The van der Waals surface area contributed by atoms with Crippen LogP contribution in [0.25, 0.3) is 0 Å². The molecule has 6 nitrogen and oxygen atoms in total. The number of ether oxygens (including phenoxy) is 1. The summed E-state index contributed by atoms with van der Waals surface area (Å²) >= 11 is 0. The molecule has 2 heterocycles. The molecule has 0 aromatic carbocycles. The topological polar surface area (TPSA) is 67.3 Å². The molecule has 1 saturated heterocycles. The van der Waals surface area contributed by atoms with Crippen molar-refractivity contribution in [3.63, 3.8) is 0 Å². The molecule has 2 aliphatic rings. The second kappa shape index (κ2) is 7.54. The molecule has 2 fully saturated rings. The smallest absolute Gasteiger partial charge is 0.248 e. The van der Waals surface area contributed by atoms with E-state index in [1.165, 1.54) is 12.8 Å². The van der Waals surface area contributed by atoms with E-state index in [1.807, 2.05) is 17.0 Å². The van der Waals surface area contributed by atoms with E-state index in [4.69, 9.17) is 4.74 Å². The Morgan fingerprint density at radius 3 is 2.73 bits per heavy atom. The molecule has 120 valence electrons. The number of carbonyl (C=O) groups is 1. The Morgan fingerprint density at radius 2 is 2.05 bits per heavy atom. The van der Waals surface area contributed by atoms with E-state index < -0.39 is 0 Å². The van der Waals surface area contributed by atoms with Crippen LogP contribution in [0.1, 0.15) is 38.5 Å². The Labute approximate surface area is 131 Å². The molecule has 0 bridgehead atoms. The van der Waals surface area contributed by atoms with Crippen molar-refractivity contribution in [3.05, 3.63) is 18.3 Å². The largest absolute Gasteiger partial charge is 0.368 e. The highest BCUT2D eigenvalue weighted by atomic mass is 16.5. The van der Waals surface area contributed by atoms with Gasteiger partial charge in [0.1, 0.15) is 12.4 Å². The van der Waals surface area contributed by atoms with Gasteiger partial charge in [0.25, 0.3) is 0 Å². The molecule has 0 unspecified atom stereocenters. The number of hydrogen-bond acceptors (Lipinski definition) is 5. The highest BCUT2D eigenvalue weighted by molar-refractivity contribution is 5.77. The van der Waals surface area contributed by atoms with Crippen molar-refractivity contribution in [2.24, 2.45) is 0 Å². The molecule has 1 aromatic rings. The summed E-state index contributed by atoms with van der Waals surface area (Å²) in [4.78, 5) is 14.1. The highest BCUT2D eigenvalue weighted by Crippen LogP contribution is 2.21. The Hall–Kier alpha value is -1.69. The van der Waals surface area contributed by atoms with Crippen LogP contribution < -0.4 is 5.32 Å². The zero-order chi connectivity index (χ0) is 15.2. The maximum absolute atomic E-state index is 12.2. The minimum absolute atomic E-state index is 0.129. The summed E-state index contributed by atoms with van der Waals surface area (Å²) in [5.41, 5.74) is 0. The van der Waals surface area contributed by atoms with Crippen LogP contribution in [-0.4, -0.2) is 52.8 Å². The first-order valence-electron chi connectivity index (χ1n) is 8.25. The van der Waals surface area contributed by atoms with Crippen LogP contribution in [0.4, 0.5) is 5.82 Å². The van der Waals surface area contributed by atoms with Gasteiger partial charge >= 0.3 is 0 Å². The summed E-state index contributed by atoms with van der Waals surface area (Å²) in [7, 11) is 0. The quantitative estimate of drug-likeness (QED) is 0.899. The molecule has 1 N–H and O–H groups in total. The first-order valence-corrected chi connectivity index (χ1v) is 8.25. The molecular weight excluding hydrogens is 280 g/mol. The molecular formula is C16H24N4O2. The summed E-state index contributed by atoms with van der Waals surface area (Å²) in [5.74, 6) is 0.932. The Kier molecular flexibility index (Phi) is 5.21. The first kappa shape index (κ1) is 15.2. The normalized spacial score (nSPS) is 20.3. The van der Waals surface area contributed by atoms with Gasteiger partial charge in [-0.25, -0.2) is 0 Å². The molecule has 0 atom stereocenters. The fourth-order valence-electron chi connectivity index (χ4n) is 3.20. The highest BCUT2D eigenvalue weighted by Gasteiger charge is 2.24. The van der Waals surface area contributed by atoms with Gasteiger partial charge in [0.05, 0.1) is 6.10 Å². The van der Waals surface area contributed by atoms with Crippen LogP contribution in [0.3, 0.4) is 0 Å². The number of carbonyl (C=O) groups excluding carboxylic acids is 1. The van der Waals surface area contributed by atoms with Crippen molar-refractivity contribution in [3.8, 4) is 0 Å². The van der Waals surface area contributed by atoms with Crippen LogP contribution >= 0.6 is 0 Å². The summed E-state index contributed by atoms with van der Waals surface area (Å²) in [6.45, 7) is 1.81. The summed E-state index contributed by atoms with van der Waals surface area (Å²) in [6, 6.07) is 4.14. The van der Waals surface area contributed by atoms with Gasteiger partial charge in [-0.15, -0.1) is 5.10 Å². The molecule has 1 aromatic heterocycles. The third kappa shape index (κ3) is 4.16. The van der Waals surface area contributed by atoms with Gasteiger partial charge in [-0.2, -0.15) is 5.10 Å². The number of hydrogen-bond donors (Lipinski definition) is 1.